The number of alkyl halides is 38. The van der Waals surface area contributed by atoms with Crippen LogP contribution in [0.2, 0.25) is 0 Å². The van der Waals surface area contributed by atoms with Crippen LogP contribution in [0.25, 0.3) is 22.3 Å². The van der Waals surface area contributed by atoms with E-state index in [1.165, 1.54) is 0 Å². The average Bonchev–Trinajstić information content (AvgIpc) is 0.639. The fourth-order valence-electron chi connectivity index (χ4n) is 13.7. The first kappa shape index (κ1) is 143. The number of benzene rings is 8. The highest BCUT2D eigenvalue weighted by atomic mass is 35.7. The summed E-state index contributed by atoms with van der Waals surface area (Å²) in [5.74, 6) is -89.3. The van der Waals surface area contributed by atoms with Crippen LogP contribution in [-0.2, 0) is 38.3 Å². The molecule has 8 aromatic rings. The zero-order chi connectivity index (χ0) is 102. The number of hydrogen-bond acceptors (Lipinski definition) is 14. The van der Waals surface area contributed by atoms with E-state index in [-0.39, 0.29) is 204 Å². The molecule has 4 saturated carbocycles. The smallest absolute Gasteiger partial charge is 0.411 e. The number of rotatable bonds is 22. The molecule has 0 radical (unpaired) electrons. The van der Waals surface area contributed by atoms with E-state index >= 15 is 22.0 Å². The second-order valence-corrected chi connectivity index (χ2v) is 36.4. The van der Waals surface area contributed by atoms with E-state index in [1.54, 1.807) is 0 Å². The van der Waals surface area contributed by atoms with Crippen molar-refractivity contribution < 1.29 is 226 Å². The number of hydrogen-bond donors (Lipinski definition) is 1. The van der Waals surface area contributed by atoms with Crippen molar-refractivity contribution in [1.29, 1.82) is 0 Å². The number of ether oxygens (including phenoxy) is 8. The Labute approximate surface area is 838 Å². The monoisotopic (exact) mass is 2330 g/mol. The minimum atomic E-state index is -6.40. The topological polar surface area (TPSA) is 196 Å². The fraction of sp³-hybridized carbons (Fsp3) is 0.448. The molecule has 146 heavy (non-hydrogen) atoms. The zero-order valence-corrected chi connectivity index (χ0v) is 71.1. The molecule has 4 aliphatic rings. The maximum atomic E-state index is 16.3. The van der Waals surface area contributed by atoms with E-state index in [0.29, 0.717) is 60.7 Å². The molecule has 12 rings (SSSR count). The molecule has 0 spiro atoms. The van der Waals surface area contributed by atoms with E-state index < -0.39 is 234 Å². The van der Waals surface area contributed by atoms with Gasteiger partial charge in [0.05, 0.1) is 19.6 Å². The molecule has 0 saturated heterocycles. The Bertz CT molecular complexity index is 5990. The van der Waals surface area contributed by atoms with Crippen molar-refractivity contribution in [2.45, 2.75) is 242 Å². The highest BCUT2D eigenvalue weighted by Crippen LogP contribution is 2.73. The Morgan fingerprint density at radius 1 is 0.260 bits per heavy atom. The lowest BCUT2D eigenvalue weighted by Gasteiger charge is -2.55. The molecule has 0 aliphatic heterocycles. The summed E-state index contributed by atoms with van der Waals surface area (Å²) in [6.07, 6.45) is -24.8. The third-order valence-corrected chi connectivity index (χ3v) is 23.5. The predicted molar refractivity (Wildman–Crippen MR) is 475 cm³/mol. The summed E-state index contributed by atoms with van der Waals surface area (Å²) in [7, 11) is 1.55. The zero-order valence-electron chi connectivity index (χ0n) is 64.9. The first-order valence-electron chi connectivity index (χ1n) is 35.0. The maximum absolute atomic E-state index is 16.3. The summed E-state index contributed by atoms with van der Waals surface area (Å²) in [4.78, 5) is -3.38. The van der Waals surface area contributed by atoms with Crippen LogP contribution in [0, 0.1) is 0 Å². The Hall–Kier alpha value is -9.10. The van der Waals surface area contributed by atoms with Gasteiger partial charge in [0.25, 0.3) is 29.4 Å². The molecule has 8 unspecified atom stereocenters. The van der Waals surface area contributed by atoms with Gasteiger partial charge in [-0.2, -0.15) is 158 Å². The Balaban J connectivity index is -0.00000120. The van der Waals surface area contributed by atoms with Gasteiger partial charge in [0.1, 0.15) is 55.8 Å². The lowest BCUT2D eigenvalue weighted by atomic mass is 9.69. The van der Waals surface area contributed by atoms with Gasteiger partial charge in [0, 0.05) is 32.0 Å². The highest BCUT2D eigenvalue weighted by Gasteiger charge is 3.05. The largest absolute Gasteiger partial charge is 0.497 e. The second-order valence-electron chi connectivity index (χ2n) is 28.5. The molecule has 0 bridgehead atoms. The third kappa shape index (κ3) is 21.6. The predicted octanol–water partition coefficient (Wildman–Crippen LogP) is 32.7. The molecule has 0 amide bonds. The summed E-state index contributed by atoms with van der Waals surface area (Å²) in [6, 6.07) is 12.3. The molecular formula is C87H93Cl5F36O15S3. The van der Waals surface area contributed by atoms with Crippen LogP contribution >= 0.6 is 55.2 Å². The second kappa shape index (κ2) is 45.2. The van der Waals surface area contributed by atoms with E-state index in [4.69, 9.17) is 67.0 Å². The molecule has 4 aliphatic carbocycles. The van der Waals surface area contributed by atoms with Crippen molar-refractivity contribution >= 4 is 82.7 Å². The quantitative estimate of drug-likeness (QED) is 0.0291. The van der Waals surface area contributed by atoms with Crippen molar-refractivity contribution in [2.24, 2.45) is 0 Å². The van der Waals surface area contributed by atoms with Crippen molar-refractivity contribution in [3.8, 4) is 68.2 Å². The normalized spacial score (nSPS) is 24.2. The van der Waals surface area contributed by atoms with Crippen LogP contribution < -0.4 is 37.9 Å². The van der Waals surface area contributed by atoms with Crippen molar-refractivity contribution in [3.05, 3.63) is 204 Å². The van der Waals surface area contributed by atoms with Gasteiger partial charge in [0.2, 0.25) is 10.8 Å². The molecule has 15 nitrogen and oxygen atoms in total. The van der Waals surface area contributed by atoms with Crippen LogP contribution in [0.4, 0.5) is 158 Å². The van der Waals surface area contributed by atoms with Gasteiger partial charge in [-0.25, -0.2) is 25.6 Å². The molecule has 59 heteroatoms. The minimum Gasteiger partial charge on any atom is -0.497 e. The lowest BCUT2D eigenvalue weighted by Crippen LogP contribution is -2.89. The van der Waals surface area contributed by atoms with Crippen LogP contribution in [0.3, 0.4) is 0 Å². The first-order valence-corrected chi connectivity index (χ1v) is 42.9. The molecule has 8 atom stereocenters. The molecule has 8 aromatic carbocycles. The summed E-state index contributed by atoms with van der Waals surface area (Å²) in [5.41, 5.74) is -26.8. The van der Waals surface area contributed by atoms with Crippen molar-refractivity contribution in [2.75, 3.05) is 19.6 Å². The molecule has 0 heterocycles. The number of methoxy groups -OCH3 is 2. The molecule has 1 N–H and O–H groups in total. The van der Waals surface area contributed by atoms with Gasteiger partial charge in [-0.15, -0.1) is 23.2 Å². The van der Waals surface area contributed by atoms with Gasteiger partial charge in [-0.05, 0) is 155 Å². The summed E-state index contributed by atoms with van der Waals surface area (Å²) in [6.45, 7) is -0.502. The summed E-state index contributed by atoms with van der Waals surface area (Å²) < 4.78 is 636. The maximum Gasteiger partial charge on any atom is 0.411 e. The van der Waals surface area contributed by atoms with Gasteiger partial charge in [0.15, 0.2) is 0 Å². The molecular weight excluding hydrogens is 2240 g/mol. The van der Waals surface area contributed by atoms with E-state index in [1.807, 2.05) is 0 Å². The average molecular weight is 2340 g/mol. The summed E-state index contributed by atoms with van der Waals surface area (Å²) in [5, 5.41) is 0.194. The Morgan fingerprint density at radius 3 is 0.603 bits per heavy atom. The van der Waals surface area contributed by atoms with Crippen LogP contribution in [0.5, 0.6) is 46.0 Å². The van der Waals surface area contributed by atoms with Crippen LogP contribution in [0.15, 0.2) is 192 Å². The third-order valence-electron chi connectivity index (χ3n) is 20.9. The van der Waals surface area contributed by atoms with Gasteiger partial charge < -0.3 is 37.9 Å². The lowest BCUT2D eigenvalue weighted by molar-refractivity contribution is -0.527. The Morgan fingerprint density at radius 2 is 0.418 bits per heavy atom. The molecule has 4 fully saturated rings. The first-order chi connectivity index (χ1) is 60.3. The summed E-state index contributed by atoms with van der Waals surface area (Å²) >= 11 is 9.53. The molecule has 0 aromatic heterocycles. The number of halogens is 41. The fourth-order valence-corrected chi connectivity index (χ4v) is 15.7. The minimum absolute atomic E-state index is 0. The molecule has 836 valence electrons. The van der Waals surface area contributed by atoms with E-state index in [2.05, 4.69) is 39.1 Å². The van der Waals surface area contributed by atoms with E-state index in [9.17, 15) is 153 Å². The standard InChI is InChI=1S/C37H20Cl2F18O8S2.C37H22F18O4.CH2Cl2.12CH4.ClHO3S/c1-27(40)29(41,42)30(43,44)33(27,49)64-23-13-3-17(15-25(23)66(38,58)59)18-4-14-24(26(16-18)67(39,60)61)65-35(51)32(47,48)31(45,46)34(35,50)63-22-11-7-20(8-12-22)28(36(52,53)54,37(55,56)57)19-5-9-21(62-2)10-6-19;1-27(38)29(39,40)30(41,42)33(27,47)57-24-11-3-19(4-12-24)20-5-13-25(14-6-20)58-34(48)31(43,44)32(45,46)35(34,49)59-26-17-9-22(10-18-26)28(36(50,51)52,37(53,54)55)21-7-15-23(56-2)16-8-21;2-1-3;;;;;;;;;;;;;1-5(2,3)4/h3-16H,1-2H3;3-18H,1-2H3;1H2;12*1H4;(H,2,3,4). The van der Waals surface area contributed by atoms with Crippen LogP contribution in [-0.4, -0.2) is 168 Å². The van der Waals surface area contributed by atoms with Crippen LogP contribution in [0.1, 0.15) is 125 Å². The van der Waals surface area contributed by atoms with Crippen molar-refractivity contribution in [3.63, 3.8) is 0 Å². The highest BCUT2D eigenvalue weighted by molar-refractivity contribution is 8.14. The van der Waals surface area contributed by atoms with Gasteiger partial charge >= 0.3 is 117 Å². The SMILES string of the molecule is C.C.C.C.C.C.C.C.C.C.C.C.COc1ccc(C(c2ccc(OC3(F)C(F)(F)C(F)(F)C3(F)Oc3ccc(-c4ccc(OC5(F)C(C)(F)C(F)(F)C5(F)F)c(S(=O)(=O)Cl)c4)cc3S(=O)(=O)Cl)cc2)(C(F)(F)F)C(F)(F)F)cc1.COc1ccc(C(c2ccc(OC3(F)C(F)(F)C(F)(F)C3(F)Oc3ccc(-c4ccc(OC5(F)C(C)(F)C(F)(F)C5(F)F)cc4)cc3)cc2)(C(F)(F)F)C(F)(F)F)cc1.ClCCl.O=S(=O)(O)Cl. The van der Waals surface area contributed by atoms with Gasteiger partial charge in [-0.1, -0.05) is 174 Å². The van der Waals surface area contributed by atoms with E-state index in [0.717, 1.165) is 62.8 Å². The van der Waals surface area contributed by atoms with Gasteiger partial charge in [-0.3, -0.25) is 4.55 Å². The van der Waals surface area contributed by atoms with Crippen molar-refractivity contribution in [1.82, 2.24) is 0 Å². The Kier molecular flexibility index (Phi) is 44.3.